The Morgan fingerprint density at radius 1 is 1.18 bits per heavy atom. The molecule has 2 aromatic carbocycles. The van der Waals surface area contributed by atoms with Crippen LogP contribution in [0.4, 0.5) is 0 Å². The van der Waals surface area contributed by atoms with E-state index >= 15 is 0 Å². The number of aliphatic hydroxyl groups excluding tert-OH is 1. The lowest BCUT2D eigenvalue weighted by molar-refractivity contribution is 0.376. The van der Waals surface area contributed by atoms with E-state index in [0.29, 0.717) is 15.2 Å². The molecule has 0 aliphatic rings. The third kappa shape index (κ3) is 3.86. The van der Waals surface area contributed by atoms with Crippen molar-refractivity contribution in [2.45, 2.75) is 13.5 Å². The summed E-state index contributed by atoms with van der Waals surface area (Å²) in [5.74, 6) is -0.225. The number of nitrogens with zero attached hydrogens (tertiary/aromatic N) is 4. The number of thiazole rings is 1. The standard InChI is InChI=1S/C24H15BrN4O2S2/c1-13-20(14-6-8-15(25)9-7-14)21-23(32-13)27-12-29(24(21)31)11-18(30)16(10-26)22-28-17-4-2-3-5-19(17)33-22/h2-9,12,30H,11H2,1H3/b18-16-. The lowest BCUT2D eigenvalue weighted by Crippen LogP contribution is -2.21. The van der Waals surface area contributed by atoms with Crippen molar-refractivity contribution in [2.75, 3.05) is 0 Å². The van der Waals surface area contributed by atoms with E-state index in [-0.39, 0.29) is 23.4 Å². The third-order valence-corrected chi connectivity index (χ3v) is 7.81. The molecule has 162 valence electrons. The molecule has 0 bridgehead atoms. The molecule has 5 aromatic rings. The van der Waals surface area contributed by atoms with Gasteiger partial charge in [0.05, 0.1) is 28.5 Å². The minimum Gasteiger partial charge on any atom is -0.509 e. The molecule has 0 saturated heterocycles. The number of aryl methyl sites for hydroxylation is 1. The van der Waals surface area contributed by atoms with Crippen LogP contribution < -0.4 is 5.56 Å². The number of hydrogen-bond donors (Lipinski definition) is 1. The summed E-state index contributed by atoms with van der Waals surface area (Å²) in [5.41, 5.74) is 2.30. The van der Waals surface area contributed by atoms with E-state index in [1.807, 2.05) is 61.5 Å². The number of aromatic nitrogens is 3. The Morgan fingerprint density at radius 2 is 1.94 bits per heavy atom. The van der Waals surface area contributed by atoms with Crippen LogP contribution in [0, 0.1) is 18.3 Å². The summed E-state index contributed by atoms with van der Waals surface area (Å²) in [6, 6.07) is 17.3. The number of rotatable bonds is 4. The van der Waals surface area contributed by atoms with E-state index in [1.165, 1.54) is 33.6 Å². The van der Waals surface area contributed by atoms with Gasteiger partial charge in [-0.3, -0.25) is 9.36 Å². The summed E-state index contributed by atoms with van der Waals surface area (Å²) in [4.78, 5) is 24.0. The van der Waals surface area contributed by atoms with Gasteiger partial charge in [0.25, 0.3) is 5.56 Å². The molecule has 0 radical (unpaired) electrons. The topological polar surface area (TPSA) is 91.8 Å². The number of hydrogen-bond acceptors (Lipinski definition) is 7. The zero-order valence-electron chi connectivity index (χ0n) is 17.2. The summed E-state index contributed by atoms with van der Waals surface area (Å²) in [6.07, 6.45) is 1.41. The average Bonchev–Trinajstić information content (AvgIpc) is 3.37. The highest BCUT2D eigenvalue weighted by Crippen LogP contribution is 2.36. The van der Waals surface area contributed by atoms with Gasteiger partial charge in [-0.1, -0.05) is 40.2 Å². The van der Waals surface area contributed by atoms with Crippen LogP contribution in [0.25, 0.3) is 37.1 Å². The van der Waals surface area contributed by atoms with Crippen LogP contribution in [0.15, 0.2) is 69.9 Å². The third-order valence-electron chi connectivity index (χ3n) is 5.22. The van der Waals surface area contributed by atoms with Crippen molar-refractivity contribution in [2.24, 2.45) is 0 Å². The Morgan fingerprint density at radius 3 is 2.67 bits per heavy atom. The minimum absolute atomic E-state index is 0.0535. The molecule has 0 atom stereocenters. The fourth-order valence-electron chi connectivity index (χ4n) is 3.67. The Hall–Kier alpha value is -3.32. The van der Waals surface area contributed by atoms with Gasteiger partial charge >= 0.3 is 0 Å². The Kier molecular flexibility index (Phi) is 5.58. The van der Waals surface area contributed by atoms with Crippen molar-refractivity contribution in [3.63, 3.8) is 0 Å². The van der Waals surface area contributed by atoms with Gasteiger partial charge in [0, 0.05) is 14.9 Å². The van der Waals surface area contributed by atoms with E-state index in [2.05, 4.69) is 25.9 Å². The monoisotopic (exact) mass is 534 g/mol. The van der Waals surface area contributed by atoms with Crippen LogP contribution in [-0.4, -0.2) is 19.6 Å². The number of fused-ring (bicyclic) bond motifs is 2. The molecule has 0 fully saturated rings. The summed E-state index contributed by atoms with van der Waals surface area (Å²) in [7, 11) is 0. The van der Waals surface area contributed by atoms with Gasteiger partial charge in [0.15, 0.2) is 0 Å². The van der Waals surface area contributed by atoms with Gasteiger partial charge in [0.1, 0.15) is 27.2 Å². The number of thiophene rings is 1. The zero-order chi connectivity index (χ0) is 23.1. The molecule has 0 aliphatic heterocycles. The van der Waals surface area contributed by atoms with Crippen molar-refractivity contribution in [1.29, 1.82) is 5.26 Å². The van der Waals surface area contributed by atoms with Crippen LogP contribution in [0.1, 0.15) is 9.88 Å². The molecule has 1 N–H and O–H groups in total. The van der Waals surface area contributed by atoms with E-state index in [9.17, 15) is 15.2 Å². The van der Waals surface area contributed by atoms with Gasteiger partial charge in [0.2, 0.25) is 0 Å². The number of para-hydroxylation sites is 1. The van der Waals surface area contributed by atoms with Gasteiger partial charge in [-0.05, 0) is 36.8 Å². The largest absolute Gasteiger partial charge is 0.509 e. The maximum atomic E-state index is 13.4. The maximum Gasteiger partial charge on any atom is 0.263 e. The fraction of sp³-hybridized carbons (Fsp3) is 0.0833. The molecule has 5 rings (SSSR count). The van der Waals surface area contributed by atoms with Gasteiger partial charge < -0.3 is 5.11 Å². The summed E-state index contributed by atoms with van der Waals surface area (Å²) >= 11 is 6.22. The van der Waals surface area contributed by atoms with Crippen molar-refractivity contribution in [3.05, 3.63) is 85.3 Å². The molecule has 0 unspecified atom stereocenters. The molecule has 33 heavy (non-hydrogen) atoms. The predicted octanol–water partition coefficient (Wildman–Crippen LogP) is 6.30. The zero-order valence-corrected chi connectivity index (χ0v) is 20.5. The van der Waals surface area contributed by atoms with Crippen LogP contribution in [0.2, 0.25) is 0 Å². The Bertz CT molecular complexity index is 1620. The molecule has 0 aliphatic carbocycles. The first-order valence-electron chi connectivity index (χ1n) is 9.89. The van der Waals surface area contributed by atoms with E-state index < -0.39 is 0 Å². The highest BCUT2D eigenvalue weighted by molar-refractivity contribution is 9.10. The van der Waals surface area contributed by atoms with Crippen molar-refractivity contribution in [3.8, 4) is 17.2 Å². The second kappa shape index (κ2) is 8.56. The number of allylic oxidation sites excluding steroid dienone is 2. The molecular weight excluding hydrogens is 520 g/mol. The second-order valence-corrected chi connectivity index (χ2v) is 10.5. The summed E-state index contributed by atoms with van der Waals surface area (Å²) < 4.78 is 3.20. The number of aliphatic hydroxyl groups is 1. The smallest absolute Gasteiger partial charge is 0.263 e. The quantitative estimate of drug-likeness (QED) is 0.216. The van der Waals surface area contributed by atoms with Crippen LogP contribution >= 0.6 is 38.6 Å². The van der Waals surface area contributed by atoms with Crippen molar-refractivity contribution < 1.29 is 5.11 Å². The molecule has 3 aromatic heterocycles. The molecule has 3 heterocycles. The molecule has 0 spiro atoms. The average molecular weight is 535 g/mol. The maximum absolute atomic E-state index is 13.4. The number of halogens is 1. The fourth-order valence-corrected chi connectivity index (χ4v) is 5.92. The normalized spacial score (nSPS) is 12.2. The first-order chi connectivity index (χ1) is 16.0. The number of nitriles is 1. The van der Waals surface area contributed by atoms with Gasteiger partial charge in [-0.2, -0.15) is 5.26 Å². The lowest BCUT2D eigenvalue weighted by atomic mass is 10.0. The predicted molar refractivity (Wildman–Crippen MR) is 137 cm³/mol. The molecule has 9 heteroatoms. The van der Waals surface area contributed by atoms with Crippen LogP contribution in [0.3, 0.4) is 0 Å². The highest BCUT2D eigenvalue weighted by Gasteiger charge is 2.19. The van der Waals surface area contributed by atoms with Crippen molar-refractivity contribution >= 4 is 64.6 Å². The molecule has 0 amide bonds. The molecule has 0 saturated carbocycles. The van der Waals surface area contributed by atoms with Crippen LogP contribution in [-0.2, 0) is 6.54 Å². The Balaban J connectivity index is 1.60. The summed E-state index contributed by atoms with van der Waals surface area (Å²) in [5, 5.41) is 21.4. The van der Waals surface area contributed by atoms with E-state index in [4.69, 9.17) is 0 Å². The lowest BCUT2D eigenvalue weighted by Gasteiger charge is -2.07. The number of benzene rings is 2. The van der Waals surface area contributed by atoms with Gasteiger partial charge in [-0.15, -0.1) is 22.7 Å². The van der Waals surface area contributed by atoms with E-state index in [1.54, 1.807) is 0 Å². The molecular formula is C24H15BrN4O2S2. The Labute approximate surface area is 204 Å². The summed E-state index contributed by atoms with van der Waals surface area (Å²) in [6.45, 7) is 1.79. The SMILES string of the molecule is Cc1sc2ncn(C/C(O)=C(\C#N)c3nc4ccccc4s3)c(=O)c2c1-c1ccc(Br)cc1. The van der Waals surface area contributed by atoms with Crippen molar-refractivity contribution in [1.82, 2.24) is 14.5 Å². The van der Waals surface area contributed by atoms with Gasteiger partial charge in [-0.25, -0.2) is 9.97 Å². The van der Waals surface area contributed by atoms with E-state index in [0.717, 1.165) is 30.7 Å². The first kappa shape index (κ1) is 21.5. The van der Waals surface area contributed by atoms with Crippen LogP contribution in [0.5, 0.6) is 0 Å². The highest BCUT2D eigenvalue weighted by atomic mass is 79.9. The molecule has 6 nitrogen and oxygen atoms in total. The second-order valence-electron chi connectivity index (χ2n) is 7.32. The minimum atomic E-state index is -0.268. The first-order valence-corrected chi connectivity index (χ1v) is 12.3.